The molecule has 3 rings (SSSR count). The molecule has 134 valence electrons. The van der Waals surface area contributed by atoms with Crippen LogP contribution in [0, 0.1) is 13.8 Å². The summed E-state index contributed by atoms with van der Waals surface area (Å²) in [5, 5.41) is 33.3. The lowest BCUT2D eigenvalue weighted by Crippen LogP contribution is -2.11. The van der Waals surface area contributed by atoms with Gasteiger partial charge in [0.2, 0.25) is 0 Å². The molecule has 0 radical (unpaired) electrons. The molecule has 26 heavy (non-hydrogen) atoms. The average Bonchev–Trinajstić information content (AvgIpc) is 3.13. The van der Waals surface area contributed by atoms with E-state index in [9.17, 15) is 9.59 Å². The molecule has 0 aliphatic rings. The molecule has 1 aromatic carbocycles. The Bertz CT molecular complexity index is 911. The molecule has 2 N–H and O–H groups in total. The molecule has 2 heterocycles. The van der Waals surface area contributed by atoms with Crippen molar-refractivity contribution in [3.05, 3.63) is 58.2 Å². The first-order valence-electron chi connectivity index (χ1n) is 7.72. The number of aromatic carboxylic acids is 2. The first-order chi connectivity index (χ1) is 12.4. The third kappa shape index (κ3) is 3.16. The van der Waals surface area contributed by atoms with Crippen LogP contribution in [-0.2, 0) is 13.1 Å². The zero-order chi connectivity index (χ0) is 18.8. The molecule has 0 fully saturated rings. The second-order valence-electron chi connectivity index (χ2n) is 5.74. The number of hydrogen-bond acceptors (Lipinski definition) is 6. The van der Waals surface area contributed by atoms with Crippen molar-refractivity contribution < 1.29 is 19.8 Å². The summed E-state index contributed by atoms with van der Waals surface area (Å²) in [6, 6.07) is 7.50. The van der Waals surface area contributed by atoms with Gasteiger partial charge in [0.25, 0.3) is 0 Å². The van der Waals surface area contributed by atoms with E-state index in [1.54, 1.807) is 13.8 Å². The van der Waals surface area contributed by atoms with Crippen LogP contribution < -0.4 is 0 Å². The number of nitrogens with zero attached hydrogens (tertiary/aromatic N) is 6. The first kappa shape index (κ1) is 17.3. The predicted octanol–water partition coefficient (Wildman–Crippen LogP) is 0.979. The van der Waals surface area contributed by atoms with Crippen LogP contribution in [0.15, 0.2) is 24.3 Å². The number of carboxylic acid groups (broad SMARTS) is 2. The SMILES string of the molecule is Cc1c(C(=O)O)nnn1Cc1ccccc1Cn1nnc(C(=O)O)c1C. The lowest BCUT2D eigenvalue weighted by molar-refractivity contribution is 0.0678. The maximum Gasteiger partial charge on any atom is 0.358 e. The lowest BCUT2D eigenvalue weighted by atomic mass is 10.1. The first-order valence-corrected chi connectivity index (χ1v) is 7.72. The monoisotopic (exact) mass is 356 g/mol. The number of hydrogen-bond donors (Lipinski definition) is 2. The molecule has 0 aliphatic carbocycles. The minimum atomic E-state index is -1.12. The van der Waals surface area contributed by atoms with E-state index in [2.05, 4.69) is 20.6 Å². The summed E-state index contributed by atoms with van der Waals surface area (Å²) < 4.78 is 3.03. The molecule has 10 heteroatoms. The van der Waals surface area contributed by atoms with Crippen LogP contribution in [0.2, 0.25) is 0 Å². The van der Waals surface area contributed by atoms with Crippen LogP contribution >= 0.6 is 0 Å². The van der Waals surface area contributed by atoms with Gasteiger partial charge in [-0.1, -0.05) is 34.7 Å². The van der Waals surface area contributed by atoms with Gasteiger partial charge in [0, 0.05) is 0 Å². The standard InChI is InChI=1S/C16H16N6O4/c1-9-13(15(23)24)17-19-21(9)7-11-5-3-4-6-12(11)8-22-10(2)14(16(25)26)18-20-22/h3-6H,7-8H2,1-2H3,(H,23,24)(H,25,26). The van der Waals surface area contributed by atoms with Gasteiger partial charge in [-0.05, 0) is 25.0 Å². The van der Waals surface area contributed by atoms with Gasteiger partial charge in [0.15, 0.2) is 11.4 Å². The van der Waals surface area contributed by atoms with Gasteiger partial charge < -0.3 is 10.2 Å². The Morgan fingerprint density at radius 1 is 0.846 bits per heavy atom. The van der Waals surface area contributed by atoms with Crippen LogP contribution in [0.3, 0.4) is 0 Å². The van der Waals surface area contributed by atoms with E-state index in [1.165, 1.54) is 9.36 Å². The van der Waals surface area contributed by atoms with Gasteiger partial charge in [-0.25, -0.2) is 19.0 Å². The third-order valence-corrected chi connectivity index (χ3v) is 4.13. The van der Waals surface area contributed by atoms with Crippen LogP contribution in [0.4, 0.5) is 0 Å². The zero-order valence-corrected chi connectivity index (χ0v) is 14.1. The predicted molar refractivity (Wildman–Crippen MR) is 88.1 cm³/mol. The molecular weight excluding hydrogens is 340 g/mol. The summed E-state index contributed by atoms with van der Waals surface area (Å²) >= 11 is 0. The van der Waals surface area contributed by atoms with E-state index >= 15 is 0 Å². The largest absolute Gasteiger partial charge is 0.476 e. The van der Waals surface area contributed by atoms with Gasteiger partial charge >= 0.3 is 11.9 Å². The van der Waals surface area contributed by atoms with Gasteiger partial charge in [-0.2, -0.15) is 0 Å². The molecular formula is C16H16N6O4. The molecule has 2 aromatic heterocycles. The Morgan fingerprint density at radius 3 is 1.54 bits per heavy atom. The second-order valence-corrected chi connectivity index (χ2v) is 5.74. The molecule has 10 nitrogen and oxygen atoms in total. The van der Waals surface area contributed by atoms with E-state index < -0.39 is 11.9 Å². The van der Waals surface area contributed by atoms with Gasteiger partial charge in [0.1, 0.15) is 0 Å². The fourth-order valence-corrected chi connectivity index (χ4v) is 2.60. The van der Waals surface area contributed by atoms with Crippen LogP contribution in [0.5, 0.6) is 0 Å². The summed E-state index contributed by atoms with van der Waals surface area (Å²) in [4.78, 5) is 22.2. The van der Waals surface area contributed by atoms with Crippen molar-refractivity contribution in [2.75, 3.05) is 0 Å². The molecule has 0 amide bonds. The average molecular weight is 356 g/mol. The van der Waals surface area contributed by atoms with Crippen molar-refractivity contribution in [3.8, 4) is 0 Å². The maximum atomic E-state index is 11.1. The van der Waals surface area contributed by atoms with Crippen molar-refractivity contribution >= 4 is 11.9 Å². The molecule has 0 spiro atoms. The Balaban J connectivity index is 1.90. The van der Waals surface area contributed by atoms with E-state index in [-0.39, 0.29) is 11.4 Å². The quantitative estimate of drug-likeness (QED) is 0.667. The van der Waals surface area contributed by atoms with E-state index in [4.69, 9.17) is 10.2 Å². The van der Waals surface area contributed by atoms with Gasteiger partial charge in [-0.3, -0.25) is 0 Å². The van der Waals surface area contributed by atoms with Gasteiger partial charge in [-0.15, -0.1) is 10.2 Å². The Hall–Kier alpha value is -3.56. The number of rotatable bonds is 6. The number of carboxylic acids is 2. The normalized spacial score (nSPS) is 10.8. The maximum absolute atomic E-state index is 11.1. The molecule has 0 atom stereocenters. The minimum absolute atomic E-state index is 0.0827. The fraction of sp³-hybridized carbons (Fsp3) is 0.250. The summed E-state index contributed by atoms with van der Waals surface area (Å²) in [6.07, 6.45) is 0. The molecule has 0 unspecified atom stereocenters. The highest BCUT2D eigenvalue weighted by atomic mass is 16.4. The van der Waals surface area contributed by atoms with E-state index in [0.717, 1.165) is 11.1 Å². The molecule has 0 saturated heterocycles. The van der Waals surface area contributed by atoms with Crippen LogP contribution in [-0.4, -0.2) is 52.1 Å². The van der Waals surface area contributed by atoms with Crippen molar-refractivity contribution in [1.29, 1.82) is 0 Å². The Morgan fingerprint density at radius 2 is 1.23 bits per heavy atom. The van der Waals surface area contributed by atoms with Crippen LogP contribution in [0.1, 0.15) is 43.5 Å². The number of aromatic nitrogens is 6. The van der Waals surface area contributed by atoms with E-state index in [0.29, 0.717) is 24.5 Å². The highest BCUT2D eigenvalue weighted by molar-refractivity contribution is 5.86. The number of carbonyl (C=O) groups is 2. The van der Waals surface area contributed by atoms with Crippen molar-refractivity contribution in [3.63, 3.8) is 0 Å². The molecule has 0 bridgehead atoms. The molecule has 0 saturated carbocycles. The summed E-state index contributed by atoms with van der Waals surface area (Å²) in [5.41, 5.74) is 2.53. The Kier molecular flexibility index (Phi) is 4.48. The summed E-state index contributed by atoms with van der Waals surface area (Å²) in [5.74, 6) is -2.25. The number of benzene rings is 1. The van der Waals surface area contributed by atoms with E-state index in [1.807, 2.05) is 24.3 Å². The van der Waals surface area contributed by atoms with Crippen molar-refractivity contribution in [2.45, 2.75) is 26.9 Å². The summed E-state index contributed by atoms with van der Waals surface area (Å²) in [6.45, 7) is 3.96. The van der Waals surface area contributed by atoms with Crippen molar-refractivity contribution in [2.24, 2.45) is 0 Å². The Labute approximate surface area is 147 Å². The lowest BCUT2D eigenvalue weighted by Gasteiger charge is -2.11. The smallest absolute Gasteiger partial charge is 0.358 e. The van der Waals surface area contributed by atoms with Gasteiger partial charge in [0.05, 0.1) is 24.5 Å². The highest BCUT2D eigenvalue weighted by Crippen LogP contribution is 2.15. The molecule has 0 aliphatic heterocycles. The summed E-state index contributed by atoms with van der Waals surface area (Å²) in [7, 11) is 0. The topological polar surface area (TPSA) is 136 Å². The second kappa shape index (κ2) is 6.75. The minimum Gasteiger partial charge on any atom is -0.476 e. The fourth-order valence-electron chi connectivity index (χ4n) is 2.60. The third-order valence-electron chi connectivity index (χ3n) is 4.13. The van der Waals surface area contributed by atoms with Crippen molar-refractivity contribution in [1.82, 2.24) is 30.0 Å². The van der Waals surface area contributed by atoms with Crippen LogP contribution in [0.25, 0.3) is 0 Å². The highest BCUT2D eigenvalue weighted by Gasteiger charge is 2.18. The zero-order valence-electron chi connectivity index (χ0n) is 14.1. The molecule has 3 aromatic rings.